The number of hydrogen-bond donors (Lipinski definition) is 0. The van der Waals surface area contributed by atoms with Gasteiger partial charge in [-0.3, -0.25) is 0 Å². The third kappa shape index (κ3) is 3.33. The number of aromatic nitrogens is 1. The first-order chi connectivity index (χ1) is 9.24. The van der Waals surface area contributed by atoms with Gasteiger partial charge in [-0.25, -0.2) is 4.98 Å². The molecule has 0 bridgehead atoms. The van der Waals surface area contributed by atoms with Gasteiger partial charge in [-0.2, -0.15) is 5.26 Å². The Morgan fingerprint density at radius 3 is 2.89 bits per heavy atom. The second-order valence-electron chi connectivity index (χ2n) is 4.29. The Morgan fingerprint density at radius 2 is 2.16 bits per heavy atom. The van der Waals surface area contributed by atoms with Gasteiger partial charge in [0, 0.05) is 30.7 Å². The van der Waals surface area contributed by atoms with Crippen molar-refractivity contribution in [2.24, 2.45) is 0 Å². The quantitative estimate of drug-likeness (QED) is 0.811. The Labute approximate surface area is 121 Å². The maximum absolute atomic E-state index is 8.91. The summed E-state index contributed by atoms with van der Waals surface area (Å²) >= 11 is 3.48. The van der Waals surface area contributed by atoms with E-state index in [0.717, 1.165) is 28.8 Å². The first-order valence-electron chi connectivity index (χ1n) is 5.94. The molecule has 96 valence electrons. The molecule has 19 heavy (non-hydrogen) atoms. The summed E-state index contributed by atoms with van der Waals surface area (Å²) in [5.74, 6) is 0.960. The van der Waals surface area contributed by atoms with Crippen LogP contribution in [0.15, 0.2) is 42.6 Å². The van der Waals surface area contributed by atoms with Crippen LogP contribution in [-0.4, -0.2) is 12.0 Å². The number of nitriles is 1. The van der Waals surface area contributed by atoms with Gasteiger partial charge < -0.3 is 4.90 Å². The minimum absolute atomic E-state index is 0.688. The summed E-state index contributed by atoms with van der Waals surface area (Å²) in [6.07, 6.45) is 1.80. The highest BCUT2D eigenvalue weighted by atomic mass is 79.9. The number of halogens is 1. The molecule has 4 heteroatoms. The highest BCUT2D eigenvalue weighted by Crippen LogP contribution is 2.20. The summed E-state index contributed by atoms with van der Waals surface area (Å²) in [6.45, 7) is 0.729. The monoisotopic (exact) mass is 315 g/mol. The molecule has 0 N–H and O–H groups in total. The van der Waals surface area contributed by atoms with Gasteiger partial charge in [-0.1, -0.05) is 34.1 Å². The molecule has 0 spiro atoms. The molecule has 1 aromatic heterocycles. The summed E-state index contributed by atoms with van der Waals surface area (Å²) in [4.78, 5) is 6.51. The van der Waals surface area contributed by atoms with Gasteiger partial charge >= 0.3 is 0 Å². The lowest BCUT2D eigenvalue weighted by atomic mass is 10.1. The maximum atomic E-state index is 8.91. The van der Waals surface area contributed by atoms with Gasteiger partial charge in [0.05, 0.1) is 11.6 Å². The van der Waals surface area contributed by atoms with Crippen LogP contribution in [-0.2, 0) is 11.9 Å². The van der Waals surface area contributed by atoms with E-state index in [-0.39, 0.29) is 0 Å². The van der Waals surface area contributed by atoms with E-state index in [2.05, 4.69) is 37.9 Å². The fourth-order valence-corrected chi connectivity index (χ4v) is 2.40. The van der Waals surface area contributed by atoms with Gasteiger partial charge in [-0.15, -0.1) is 0 Å². The van der Waals surface area contributed by atoms with E-state index < -0.39 is 0 Å². The van der Waals surface area contributed by atoms with Crippen LogP contribution in [0, 0.1) is 11.3 Å². The zero-order valence-corrected chi connectivity index (χ0v) is 12.3. The van der Waals surface area contributed by atoms with Crippen molar-refractivity contribution in [3.63, 3.8) is 0 Å². The van der Waals surface area contributed by atoms with E-state index in [1.165, 1.54) is 0 Å². The number of benzene rings is 1. The summed E-state index contributed by atoms with van der Waals surface area (Å²) in [6, 6.07) is 13.8. The number of anilines is 1. The molecule has 0 radical (unpaired) electrons. The van der Waals surface area contributed by atoms with Crippen LogP contribution in [0.3, 0.4) is 0 Å². The SMILES string of the molecule is CN(Cc1cccc(C#N)c1)c1ncccc1CBr. The summed E-state index contributed by atoms with van der Waals surface area (Å²) < 4.78 is 0. The van der Waals surface area contributed by atoms with Crippen LogP contribution >= 0.6 is 15.9 Å². The number of hydrogen-bond acceptors (Lipinski definition) is 3. The minimum Gasteiger partial charge on any atom is -0.355 e. The van der Waals surface area contributed by atoms with Crippen LogP contribution in [0.25, 0.3) is 0 Å². The van der Waals surface area contributed by atoms with Crippen molar-refractivity contribution in [2.45, 2.75) is 11.9 Å². The molecule has 1 aromatic carbocycles. The zero-order chi connectivity index (χ0) is 13.7. The molecule has 0 atom stereocenters. The minimum atomic E-state index is 0.688. The van der Waals surface area contributed by atoms with Gasteiger partial charge in [0.25, 0.3) is 0 Å². The Hall–Kier alpha value is -1.86. The Morgan fingerprint density at radius 1 is 1.32 bits per heavy atom. The standard InChI is InChI=1S/C15H14BrN3/c1-19(15-14(9-16)6-3-7-18-15)11-13-5-2-4-12(8-13)10-17/h2-8H,9,11H2,1H3. The lowest BCUT2D eigenvalue weighted by Crippen LogP contribution is -2.19. The summed E-state index contributed by atoms with van der Waals surface area (Å²) in [7, 11) is 2.01. The lowest BCUT2D eigenvalue weighted by Gasteiger charge is -2.20. The van der Waals surface area contributed by atoms with Gasteiger partial charge in [0.1, 0.15) is 5.82 Å². The molecule has 0 fully saturated rings. The van der Waals surface area contributed by atoms with Crippen LogP contribution in [0.1, 0.15) is 16.7 Å². The summed E-state index contributed by atoms with van der Waals surface area (Å²) in [5.41, 5.74) is 2.95. The Bertz CT molecular complexity index is 604. The molecule has 0 aliphatic rings. The largest absolute Gasteiger partial charge is 0.355 e. The number of pyridine rings is 1. The lowest BCUT2D eigenvalue weighted by molar-refractivity contribution is 0.889. The molecule has 0 aliphatic carbocycles. The predicted molar refractivity (Wildman–Crippen MR) is 80.1 cm³/mol. The molecule has 0 saturated carbocycles. The van der Waals surface area contributed by atoms with E-state index in [9.17, 15) is 0 Å². The van der Waals surface area contributed by atoms with Crippen molar-refractivity contribution in [1.29, 1.82) is 5.26 Å². The fraction of sp³-hybridized carbons (Fsp3) is 0.200. The zero-order valence-electron chi connectivity index (χ0n) is 10.7. The van der Waals surface area contributed by atoms with Crippen molar-refractivity contribution < 1.29 is 0 Å². The first kappa shape index (κ1) is 13.6. The predicted octanol–water partition coefficient (Wildman–Crippen LogP) is 3.48. The van der Waals surface area contributed by atoms with Crippen molar-refractivity contribution in [3.8, 4) is 6.07 Å². The molecule has 0 unspecified atom stereocenters. The Kier molecular flexibility index (Phi) is 4.53. The molecule has 0 aliphatic heterocycles. The molecular formula is C15H14BrN3. The van der Waals surface area contributed by atoms with Crippen LogP contribution in [0.5, 0.6) is 0 Å². The normalized spacial score (nSPS) is 9.95. The third-order valence-electron chi connectivity index (χ3n) is 2.85. The smallest absolute Gasteiger partial charge is 0.132 e. The second kappa shape index (κ2) is 6.35. The van der Waals surface area contributed by atoms with Crippen molar-refractivity contribution >= 4 is 21.7 Å². The molecular weight excluding hydrogens is 302 g/mol. The van der Waals surface area contributed by atoms with E-state index >= 15 is 0 Å². The van der Waals surface area contributed by atoms with E-state index in [0.29, 0.717) is 5.56 Å². The number of rotatable bonds is 4. The van der Waals surface area contributed by atoms with Gasteiger partial charge in [0.2, 0.25) is 0 Å². The van der Waals surface area contributed by atoms with E-state index in [1.807, 2.05) is 37.4 Å². The molecule has 0 saturated heterocycles. The van der Waals surface area contributed by atoms with Crippen molar-refractivity contribution in [1.82, 2.24) is 4.98 Å². The number of alkyl halides is 1. The van der Waals surface area contributed by atoms with E-state index in [4.69, 9.17) is 5.26 Å². The highest BCUT2D eigenvalue weighted by Gasteiger charge is 2.08. The van der Waals surface area contributed by atoms with Gasteiger partial charge in [-0.05, 0) is 23.8 Å². The molecule has 2 rings (SSSR count). The Balaban J connectivity index is 2.21. The second-order valence-corrected chi connectivity index (χ2v) is 4.85. The van der Waals surface area contributed by atoms with E-state index in [1.54, 1.807) is 6.20 Å². The van der Waals surface area contributed by atoms with Crippen LogP contribution in [0.2, 0.25) is 0 Å². The van der Waals surface area contributed by atoms with Crippen LogP contribution < -0.4 is 4.90 Å². The maximum Gasteiger partial charge on any atom is 0.132 e. The van der Waals surface area contributed by atoms with Crippen molar-refractivity contribution in [3.05, 3.63) is 59.3 Å². The topological polar surface area (TPSA) is 39.9 Å². The van der Waals surface area contributed by atoms with Crippen LogP contribution in [0.4, 0.5) is 5.82 Å². The van der Waals surface area contributed by atoms with Crippen molar-refractivity contribution in [2.75, 3.05) is 11.9 Å². The first-order valence-corrected chi connectivity index (χ1v) is 7.07. The molecule has 0 amide bonds. The van der Waals surface area contributed by atoms with Gasteiger partial charge in [0.15, 0.2) is 0 Å². The third-order valence-corrected chi connectivity index (χ3v) is 3.45. The molecule has 3 nitrogen and oxygen atoms in total. The fourth-order valence-electron chi connectivity index (χ4n) is 1.97. The summed E-state index contributed by atoms with van der Waals surface area (Å²) in [5, 5.41) is 9.69. The average Bonchev–Trinajstić information content (AvgIpc) is 2.47. The molecule has 2 aromatic rings. The number of nitrogens with zero attached hydrogens (tertiary/aromatic N) is 3. The highest BCUT2D eigenvalue weighted by molar-refractivity contribution is 9.08. The average molecular weight is 316 g/mol. The molecule has 1 heterocycles.